The number of amides is 1. The highest BCUT2D eigenvalue weighted by molar-refractivity contribution is 5.93. The van der Waals surface area contributed by atoms with E-state index in [0.29, 0.717) is 6.04 Å². The van der Waals surface area contributed by atoms with E-state index in [1.807, 2.05) is 11.8 Å². The molecule has 0 aromatic rings. The molecule has 0 saturated heterocycles. The molecule has 0 aromatic carbocycles. The van der Waals surface area contributed by atoms with Gasteiger partial charge in [0.15, 0.2) is 0 Å². The Hall–Kier alpha value is -0.970. The minimum absolute atomic E-state index is 0.00954. The molecule has 1 amide bonds. The van der Waals surface area contributed by atoms with Gasteiger partial charge in [-0.1, -0.05) is 5.92 Å². The van der Waals surface area contributed by atoms with E-state index in [0.717, 1.165) is 19.4 Å². The highest BCUT2D eigenvalue weighted by Gasteiger charge is 2.26. The number of rotatable bonds is 2. The van der Waals surface area contributed by atoms with Crippen LogP contribution in [0.2, 0.25) is 0 Å². The number of carbonyl (C=O) groups is 1. The molecule has 1 rings (SSSR count). The molecule has 66 valence electrons. The zero-order chi connectivity index (χ0) is 8.97. The molecule has 0 aromatic heterocycles. The van der Waals surface area contributed by atoms with Crippen LogP contribution in [0.5, 0.6) is 0 Å². The first-order valence-electron chi connectivity index (χ1n) is 4.53. The average Bonchev–Trinajstić information content (AvgIpc) is 1.96. The van der Waals surface area contributed by atoms with E-state index >= 15 is 0 Å². The monoisotopic (exact) mass is 165 g/mol. The zero-order valence-corrected chi connectivity index (χ0v) is 7.76. The molecule has 0 heterocycles. The van der Waals surface area contributed by atoms with Gasteiger partial charge >= 0.3 is 0 Å². The van der Waals surface area contributed by atoms with Gasteiger partial charge in [0.1, 0.15) is 0 Å². The van der Waals surface area contributed by atoms with E-state index in [1.165, 1.54) is 6.42 Å². The Labute approximate surface area is 73.9 Å². The van der Waals surface area contributed by atoms with Gasteiger partial charge in [0, 0.05) is 12.6 Å². The minimum Gasteiger partial charge on any atom is -0.329 e. The van der Waals surface area contributed by atoms with Crippen LogP contribution < -0.4 is 0 Å². The fraction of sp³-hybridized carbons (Fsp3) is 0.700. The summed E-state index contributed by atoms with van der Waals surface area (Å²) in [6.07, 6.45) is 3.57. The van der Waals surface area contributed by atoms with E-state index in [-0.39, 0.29) is 5.91 Å². The van der Waals surface area contributed by atoms with Crippen LogP contribution in [0, 0.1) is 11.8 Å². The van der Waals surface area contributed by atoms with Gasteiger partial charge < -0.3 is 4.90 Å². The second-order valence-corrected chi connectivity index (χ2v) is 3.05. The fourth-order valence-electron chi connectivity index (χ4n) is 1.44. The second kappa shape index (κ2) is 4.15. The summed E-state index contributed by atoms with van der Waals surface area (Å²) in [5.41, 5.74) is 0. The molecule has 1 fully saturated rings. The summed E-state index contributed by atoms with van der Waals surface area (Å²) in [7, 11) is 0. The Morgan fingerprint density at radius 1 is 1.58 bits per heavy atom. The predicted molar refractivity (Wildman–Crippen MR) is 48.5 cm³/mol. The van der Waals surface area contributed by atoms with Gasteiger partial charge in [-0.05, 0) is 39.0 Å². The summed E-state index contributed by atoms with van der Waals surface area (Å²) < 4.78 is 0. The second-order valence-electron chi connectivity index (χ2n) is 3.05. The molecule has 0 bridgehead atoms. The third-order valence-corrected chi connectivity index (χ3v) is 2.35. The van der Waals surface area contributed by atoms with Crippen LogP contribution in [-0.4, -0.2) is 23.4 Å². The van der Waals surface area contributed by atoms with Crippen LogP contribution in [0.15, 0.2) is 0 Å². The molecule has 0 radical (unpaired) electrons. The van der Waals surface area contributed by atoms with E-state index in [2.05, 4.69) is 11.8 Å². The maximum atomic E-state index is 11.4. The minimum atomic E-state index is -0.00954. The summed E-state index contributed by atoms with van der Waals surface area (Å²) >= 11 is 0. The summed E-state index contributed by atoms with van der Waals surface area (Å²) in [6, 6.07) is 0.475. The van der Waals surface area contributed by atoms with E-state index in [9.17, 15) is 4.79 Å². The van der Waals surface area contributed by atoms with Crippen molar-refractivity contribution < 1.29 is 4.79 Å². The molecule has 0 unspecified atom stereocenters. The molecule has 1 aliphatic rings. The lowest BCUT2D eigenvalue weighted by Crippen LogP contribution is -2.43. The first-order chi connectivity index (χ1) is 5.79. The van der Waals surface area contributed by atoms with E-state index in [1.54, 1.807) is 6.92 Å². The lowest BCUT2D eigenvalue weighted by Gasteiger charge is -2.35. The first kappa shape index (κ1) is 9.12. The molecular formula is C10H15NO. The largest absolute Gasteiger partial charge is 0.329 e. The molecule has 1 aliphatic carbocycles. The highest BCUT2D eigenvalue weighted by Crippen LogP contribution is 2.24. The standard InChI is InChI=1S/C10H15NO/c1-3-6-10(12)11(4-2)9-7-5-8-9/h9H,4-5,7-8H2,1-2H3. The molecule has 1 saturated carbocycles. The normalized spacial score (nSPS) is 15.8. The summed E-state index contributed by atoms with van der Waals surface area (Å²) in [6.45, 7) is 4.50. The van der Waals surface area contributed by atoms with E-state index < -0.39 is 0 Å². The third kappa shape index (κ3) is 1.79. The fourth-order valence-corrected chi connectivity index (χ4v) is 1.44. The Bertz CT molecular complexity index is 220. The number of nitrogens with zero attached hydrogens (tertiary/aromatic N) is 1. The highest BCUT2D eigenvalue weighted by atomic mass is 16.2. The van der Waals surface area contributed by atoms with Crippen LogP contribution >= 0.6 is 0 Å². The smallest absolute Gasteiger partial charge is 0.298 e. The molecule has 2 nitrogen and oxygen atoms in total. The van der Waals surface area contributed by atoms with E-state index in [4.69, 9.17) is 0 Å². The molecule has 0 spiro atoms. The lowest BCUT2D eigenvalue weighted by atomic mass is 9.91. The van der Waals surface area contributed by atoms with Gasteiger partial charge in [-0.25, -0.2) is 0 Å². The van der Waals surface area contributed by atoms with Gasteiger partial charge in [-0.3, -0.25) is 4.79 Å². The maximum Gasteiger partial charge on any atom is 0.298 e. The number of hydrogen-bond donors (Lipinski definition) is 0. The van der Waals surface area contributed by atoms with Gasteiger partial charge in [0.2, 0.25) is 0 Å². The molecule has 0 N–H and O–H groups in total. The third-order valence-electron chi connectivity index (χ3n) is 2.35. The summed E-state index contributed by atoms with van der Waals surface area (Å²) in [5.74, 6) is 5.22. The van der Waals surface area contributed by atoms with Crippen LogP contribution in [0.1, 0.15) is 33.1 Å². The number of hydrogen-bond acceptors (Lipinski definition) is 1. The SMILES string of the molecule is CC#CC(=O)N(CC)C1CCC1. The van der Waals surface area contributed by atoms with Crippen molar-refractivity contribution in [2.45, 2.75) is 39.2 Å². The topological polar surface area (TPSA) is 20.3 Å². The van der Waals surface area contributed by atoms with Crippen molar-refractivity contribution >= 4 is 5.91 Å². The Morgan fingerprint density at radius 2 is 2.25 bits per heavy atom. The van der Waals surface area contributed by atoms with Crippen molar-refractivity contribution in [1.29, 1.82) is 0 Å². The average molecular weight is 165 g/mol. The summed E-state index contributed by atoms with van der Waals surface area (Å²) in [4.78, 5) is 13.2. The maximum absolute atomic E-state index is 11.4. The van der Waals surface area contributed by atoms with Crippen molar-refractivity contribution in [2.24, 2.45) is 0 Å². The predicted octanol–water partition coefficient (Wildman–Crippen LogP) is 1.41. The first-order valence-corrected chi connectivity index (χ1v) is 4.53. The zero-order valence-electron chi connectivity index (χ0n) is 7.76. The Morgan fingerprint density at radius 3 is 2.58 bits per heavy atom. The van der Waals surface area contributed by atoms with Crippen LogP contribution in [0.4, 0.5) is 0 Å². The quantitative estimate of drug-likeness (QED) is 0.566. The molecule has 0 atom stereocenters. The van der Waals surface area contributed by atoms with Crippen molar-refractivity contribution in [3.63, 3.8) is 0 Å². The van der Waals surface area contributed by atoms with Crippen LogP contribution in [0.3, 0.4) is 0 Å². The van der Waals surface area contributed by atoms with Gasteiger partial charge in [0.25, 0.3) is 5.91 Å². The summed E-state index contributed by atoms with van der Waals surface area (Å²) in [5, 5.41) is 0. The van der Waals surface area contributed by atoms with Crippen molar-refractivity contribution in [1.82, 2.24) is 4.90 Å². The van der Waals surface area contributed by atoms with Crippen molar-refractivity contribution in [3.8, 4) is 11.8 Å². The van der Waals surface area contributed by atoms with Crippen LogP contribution in [0.25, 0.3) is 0 Å². The Kier molecular flexibility index (Phi) is 3.16. The number of carbonyl (C=O) groups excluding carboxylic acids is 1. The van der Waals surface area contributed by atoms with Gasteiger partial charge in [-0.2, -0.15) is 0 Å². The van der Waals surface area contributed by atoms with Crippen molar-refractivity contribution in [3.05, 3.63) is 0 Å². The lowest BCUT2D eigenvalue weighted by molar-refractivity contribution is -0.128. The molecule has 0 aliphatic heterocycles. The molecular weight excluding hydrogens is 150 g/mol. The molecule has 12 heavy (non-hydrogen) atoms. The van der Waals surface area contributed by atoms with Crippen LogP contribution in [-0.2, 0) is 4.79 Å². The van der Waals surface area contributed by atoms with Gasteiger partial charge in [-0.15, -0.1) is 0 Å². The Balaban J connectivity index is 2.52. The van der Waals surface area contributed by atoms with Crippen molar-refractivity contribution in [2.75, 3.05) is 6.54 Å². The van der Waals surface area contributed by atoms with Gasteiger partial charge in [0.05, 0.1) is 0 Å². The molecule has 2 heteroatoms.